The lowest BCUT2D eigenvalue weighted by Crippen LogP contribution is -1.82. The average Bonchev–Trinajstić information content (AvgIpc) is 2.48. The molecule has 0 aliphatic carbocycles. The minimum atomic E-state index is 0.544. The van der Waals surface area contributed by atoms with Crippen molar-refractivity contribution in [2.45, 2.75) is 12.8 Å². The van der Waals surface area contributed by atoms with Gasteiger partial charge in [-0.2, -0.15) is 10.4 Å². The number of aromatic nitrogens is 2. The molecule has 0 atom stereocenters. The van der Waals surface area contributed by atoms with E-state index in [4.69, 9.17) is 5.26 Å². The van der Waals surface area contributed by atoms with E-state index in [1.165, 1.54) is 0 Å². The highest BCUT2D eigenvalue weighted by atomic mass is 15.2. The highest BCUT2D eigenvalue weighted by Gasteiger charge is 1.94. The Balaban J connectivity index is 2.59. The highest BCUT2D eigenvalue weighted by molar-refractivity contribution is 5.17. The fourth-order valence-corrected chi connectivity index (χ4v) is 0.807. The number of rotatable bonds is 3. The molecule has 1 aromatic heterocycles. The molecule has 3 nitrogen and oxygen atoms in total. The monoisotopic (exact) mass is 147 g/mol. The van der Waals surface area contributed by atoms with E-state index >= 15 is 0 Å². The number of hydrogen-bond donors (Lipinski definition) is 0. The first-order valence-corrected chi connectivity index (χ1v) is 3.39. The van der Waals surface area contributed by atoms with Gasteiger partial charge < -0.3 is 0 Å². The highest BCUT2D eigenvalue weighted by Crippen LogP contribution is 2.00. The fraction of sp³-hybridized carbons (Fsp3) is 0.250. The van der Waals surface area contributed by atoms with Crippen molar-refractivity contribution in [2.75, 3.05) is 0 Å². The molecule has 0 unspecified atom stereocenters. The summed E-state index contributed by atoms with van der Waals surface area (Å²) < 4.78 is 1.63. The fourth-order valence-electron chi connectivity index (χ4n) is 0.807. The number of nitrogens with zero attached hydrogens (tertiary/aromatic N) is 3. The van der Waals surface area contributed by atoms with Crippen LogP contribution < -0.4 is 0 Å². The second-order valence-corrected chi connectivity index (χ2v) is 2.17. The lowest BCUT2D eigenvalue weighted by molar-refractivity contribution is 0.935. The molecular weight excluding hydrogens is 138 g/mol. The maximum absolute atomic E-state index is 8.29. The third-order valence-electron chi connectivity index (χ3n) is 1.37. The summed E-state index contributed by atoms with van der Waals surface area (Å²) in [6, 6.07) is 2.08. The Morgan fingerprint density at radius 1 is 1.82 bits per heavy atom. The number of aryl methyl sites for hydroxylation is 1. The quantitative estimate of drug-likeness (QED) is 0.649. The predicted octanol–water partition coefficient (Wildman–Crippen LogP) is 1.44. The SMILES string of the molecule is C=Cn1cc(CCC#N)cn1. The van der Waals surface area contributed by atoms with Gasteiger partial charge in [0.05, 0.1) is 12.3 Å². The third-order valence-corrected chi connectivity index (χ3v) is 1.37. The smallest absolute Gasteiger partial charge is 0.0625 e. The first-order valence-electron chi connectivity index (χ1n) is 3.39. The molecule has 3 heteroatoms. The summed E-state index contributed by atoms with van der Waals surface area (Å²) in [4.78, 5) is 0. The van der Waals surface area contributed by atoms with Gasteiger partial charge in [0, 0.05) is 18.8 Å². The summed E-state index contributed by atoms with van der Waals surface area (Å²) in [7, 11) is 0. The van der Waals surface area contributed by atoms with Gasteiger partial charge >= 0.3 is 0 Å². The molecule has 1 rings (SSSR count). The van der Waals surface area contributed by atoms with Gasteiger partial charge in [0.25, 0.3) is 0 Å². The van der Waals surface area contributed by atoms with Crippen molar-refractivity contribution >= 4 is 6.20 Å². The van der Waals surface area contributed by atoms with Crippen molar-refractivity contribution < 1.29 is 0 Å². The van der Waals surface area contributed by atoms with Gasteiger partial charge in [-0.1, -0.05) is 6.58 Å². The zero-order valence-corrected chi connectivity index (χ0v) is 6.20. The molecule has 1 heterocycles. The molecule has 0 aliphatic heterocycles. The first kappa shape index (κ1) is 7.55. The molecule has 0 aromatic carbocycles. The summed E-state index contributed by atoms with van der Waals surface area (Å²) in [5.41, 5.74) is 1.08. The molecular formula is C8H9N3. The van der Waals surface area contributed by atoms with Gasteiger partial charge in [-0.25, -0.2) is 4.68 Å². The van der Waals surface area contributed by atoms with Crippen LogP contribution in [0.4, 0.5) is 0 Å². The van der Waals surface area contributed by atoms with Crippen LogP contribution in [0.15, 0.2) is 19.0 Å². The second kappa shape index (κ2) is 3.57. The van der Waals surface area contributed by atoms with Crippen LogP contribution in [-0.4, -0.2) is 9.78 Å². The van der Waals surface area contributed by atoms with Crippen molar-refractivity contribution in [3.63, 3.8) is 0 Å². The Morgan fingerprint density at radius 3 is 3.18 bits per heavy atom. The normalized spacial score (nSPS) is 9.00. The van der Waals surface area contributed by atoms with E-state index in [0.717, 1.165) is 12.0 Å². The van der Waals surface area contributed by atoms with E-state index in [1.54, 1.807) is 17.1 Å². The van der Waals surface area contributed by atoms with Crippen LogP contribution >= 0.6 is 0 Å². The summed E-state index contributed by atoms with van der Waals surface area (Å²) in [6.07, 6.45) is 6.55. The molecule has 56 valence electrons. The molecule has 0 bridgehead atoms. The topological polar surface area (TPSA) is 41.6 Å². The zero-order chi connectivity index (χ0) is 8.10. The lowest BCUT2D eigenvalue weighted by atomic mass is 10.2. The van der Waals surface area contributed by atoms with E-state index in [9.17, 15) is 0 Å². The van der Waals surface area contributed by atoms with Crippen LogP contribution in [0.3, 0.4) is 0 Å². The van der Waals surface area contributed by atoms with Crippen molar-refractivity contribution in [3.05, 3.63) is 24.5 Å². The van der Waals surface area contributed by atoms with E-state index in [2.05, 4.69) is 17.7 Å². The van der Waals surface area contributed by atoms with Crippen molar-refractivity contribution in [2.24, 2.45) is 0 Å². The Morgan fingerprint density at radius 2 is 2.64 bits per heavy atom. The molecule has 0 aliphatic rings. The van der Waals surface area contributed by atoms with E-state index in [0.29, 0.717) is 6.42 Å². The molecule has 0 saturated heterocycles. The zero-order valence-electron chi connectivity index (χ0n) is 6.20. The summed E-state index contributed by atoms with van der Waals surface area (Å²) in [5.74, 6) is 0. The molecule has 0 N–H and O–H groups in total. The Kier molecular flexibility index (Phi) is 2.45. The van der Waals surface area contributed by atoms with E-state index < -0.39 is 0 Å². The standard InChI is InChI=1S/C8H9N3/c1-2-11-7-8(6-10-11)4-3-5-9/h2,6-7H,1,3-4H2. The summed E-state index contributed by atoms with van der Waals surface area (Å²) in [5, 5.41) is 12.3. The van der Waals surface area contributed by atoms with Crippen molar-refractivity contribution in [1.82, 2.24) is 9.78 Å². The van der Waals surface area contributed by atoms with Crippen LogP contribution in [-0.2, 0) is 6.42 Å². The van der Waals surface area contributed by atoms with Crippen LogP contribution in [0.25, 0.3) is 6.20 Å². The lowest BCUT2D eigenvalue weighted by Gasteiger charge is -1.86. The molecule has 11 heavy (non-hydrogen) atoms. The van der Waals surface area contributed by atoms with Crippen molar-refractivity contribution in [1.29, 1.82) is 5.26 Å². The Bertz CT molecular complexity index is 280. The predicted molar refractivity (Wildman–Crippen MR) is 42.5 cm³/mol. The number of nitriles is 1. The van der Waals surface area contributed by atoms with E-state index in [1.807, 2.05) is 6.20 Å². The van der Waals surface area contributed by atoms with Gasteiger partial charge in [0.2, 0.25) is 0 Å². The maximum Gasteiger partial charge on any atom is 0.0625 e. The average molecular weight is 147 g/mol. The van der Waals surface area contributed by atoms with Crippen LogP contribution in [0.5, 0.6) is 0 Å². The maximum atomic E-state index is 8.29. The van der Waals surface area contributed by atoms with Crippen LogP contribution in [0, 0.1) is 11.3 Å². The van der Waals surface area contributed by atoms with Gasteiger partial charge in [-0.15, -0.1) is 0 Å². The molecule has 0 saturated carbocycles. The summed E-state index contributed by atoms with van der Waals surface area (Å²) >= 11 is 0. The van der Waals surface area contributed by atoms with Crippen LogP contribution in [0.2, 0.25) is 0 Å². The van der Waals surface area contributed by atoms with Gasteiger partial charge in [-0.3, -0.25) is 0 Å². The molecule has 0 amide bonds. The molecule has 0 spiro atoms. The third kappa shape index (κ3) is 1.94. The molecule has 1 aromatic rings. The Labute approximate surface area is 65.6 Å². The van der Waals surface area contributed by atoms with E-state index in [-0.39, 0.29) is 0 Å². The minimum absolute atomic E-state index is 0.544. The minimum Gasteiger partial charge on any atom is -0.249 e. The molecule has 0 radical (unpaired) electrons. The van der Waals surface area contributed by atoms with Crippen molar-refractivity contribution in [3.8, 4) is 6.07 Å². The van der Waals surface area contributed by atoms with Gasteiger partial charge in [-0.05, 0) is 12.0 Å². The summed E-state index contributed by atoms with van der Waals surface area (Å²) in [6.45, 7) is 3.56. The van der Waals surface area contributed by atoms with Gasteiger partial charge in [0.15, 0.2) is 0 Å². The number of hydrogen-bond acceptors (Lipinski definition) is 2. The van der Waals surface area contributed by atoms with Crippen LogP contribution in [0.1, 0.15) is 12.0 Å². The van der Waals surface area contributed by atoms with Gasteiger partial charge in [0.1, 0.15) is 0 Å². The largest absolute Gasteiger partial charge is 0.249 e. The second-order valence-electron chi connectivity index (χ2n) is 2.17. The first-order chi connectivity index (χ1) is 5.36. The Hall–Kier alpha value is -1.56. The molecule has 0 fully saturated rings.